The van der Waals surface area contributed by atoms with Crippen molar-refractivity contribution in [2.24, 2.45) is 11.8 Å². The first kappa shape index (κ1) is 17.9. The van der Waals surface area contributed by atoms with E-state index in [9.17, 15) is 18.0 Å². The second-order valence-electron chi connectivity index (χ2n) is 7.28. The Hall–Kier alpha value is -1.51. The normalized spacial score (nSPS) is 28.4. The number of hydrogen-bond donors (Lipinski definition) is 1. The van der Waals surface area contributed by atoms with E-state index in [4.69, 9.17) is 0 Å². The van der Waals surface area contributed by atoms with Gasteiger partial charge in [-0.15, -0.1) is 0 Å². The van der Waals surface area contributed by atoms with Crippen LogP contribution in [0.3, 0.4) is 0 Å². The Labute approximate surface area is 154 Å². The molecule has 2 heterocycles. The van der Waals surface area contributed by atoms with Crippen LogP contribution >= 0.6 is 11.8 Å². The molecule has 2 saturated carbocycles. The van der Waals surface area contributed by atoms with E-state index in [1.54, 1.807) is 11.8 Å². The third-order valence-electron chi connectivity index (χ3n) is 5.64. The molecule has 3 unspecified atom stereocenters. The second kappa shape index (κ2) is 6.90. The highest BCUT2D eigenvalue weighted by Gasteiger charge is 2.42. The van der Waals surface area contributed by atoms with Gasteiger partial charge in [0.15, 0.2) is 5.69 Å². The van der Waals surface area contributed by atoms with Crippen LogP contribution in [-0.2, 0) is 6.18 Å². The SMILES string of the molecule is O=C(c1cnc(NC2CC3CCC2C3)nc1C(F)(F)F)N1CCSCC1. The number of carbonyl (C=O) groups is 1. The molecule has 1 saturated heterocycles. The molecule has 2 bridgehead atoms. The molecule has 4 rings (SSSR count). The highest BCUT2D eigenvalue weighted by molar-refractivity contribution is 7.99. The van der Waals surface area contributed by atoms with Gasteiger partial charge in [0, 0.05) is 36.8 Å². The van der Waals surface area contributed by atoms with Gasteiger partial charge in [-0.3, -0.25) is 4.79 Å². The summed E-state index contributed by atoms with van der Waals surface area (Å²) in [5.41, 5.74) is -1.59. The summed E-state index contributed by atoms with van der Waals surface area (Å²) in [5.74, 6) is 1.96. The van der Waals surface area contributed by atoms with Crippen LogP contribution in [0.15, 0.2) is 6.20 Å². The van der Waals surface area contributed by atoms with Crippen molar-refractivity contribution in [1.82, 2.24) is 14.9 Å². The minimum absolute atomic E-state index is 0.0272. The number of nitrogens with one attached hydrogen (secondary N) is 1. The number of rotatable bonds is 3. The van der Waals surface area contributed by atoms with E-state index >= 15 is 0 Å². The van der Waals surface area contributed by atoms with Crippen molar-refractivity contribution in [2.75, 3.05) is 29.9 Å². The smallest absolute Gasteiger partial charge is 0.351 e. The Morgan fingerprint density at radius 3 is 2.62 bits per heavy atom. The fraction of sp³-hybridized carbons (Fsp3) is 0.706. The van der Waals surface area contributed by atoms with Crippen LogP contribution in [0.5, 0.6) is 0 Å². The maximum absolute atomic E-state index is 13.5. The number of thioether (sulfide) groups is 1. The van der Waals surface area contributed by atoms with Gasteiger partial charge >= 0.3 is 6.18 Å². The van der Waals surface area contributed by atoms with Crippen molar-refractivity contribution in [2.45, 2.75) is 37.9 Å². The van der Waals surface area contributed by atoms with Crippen LogP contribution in [0.2, 0.25) is 0 Å². The van der Waals surface area contributed by atoms with E-state index in [2.05, 4.69) is 15.3 Å². The lowest BCUT2D eigenvalue weighted by Gasteiger charge is -2.27. The minimum Gasteiger partial charge on any atom is -0.351 e. The van der Waals surface area contributed by atoms with E-state index in [1.165, 1.54) is 11.3 Å². The number of amides is 1. The van der Waals surface area contributed by atoms with Gasteiger partial charge in [0.05, 0.1) is 5.56 Å². The number of fused-ring (bicyclic) bond motifs is 2. The van der Waals surface area contributed by atoms with Gasteiger partial charge in [0.2, 0.25) is 5.95 Å². The Balaban J connectivity index is 1.57. The molecule has 1 aliphatic heterocycles. The monoisotopic (exact) mass is 386 g/mol. The lowest BCUT2D eigenvalue weighted by Crippen LogP contribution is -2.39. The minimum atomic E-state index is -4.69. The first-order valence-electron chi connectivity index (χ1n) is 8.99. The molecule has 0 spiro atoms. The molecule has 0 aromatic carbocycles. The lowest BCUT2D eigenvalue weighted by atomic mass is 9.95. The summed E-state index contributed by atoms with van der Waals surface area (Å²) >= 11 is 1.69. The van der Waals surface area contributed by atoms with Gasteiger partial charge in [0.1, 0.15) is 0 Å². The molecule has 3 aliphatic rings. The molecule has 1 aromatic heterocycles. The van der Waals surface area contributed by atoms with Crippen LogP contribution < -0.4 is 5.32 Å². The molecule has 9 heteroatoms. The predicted molar refractivity (Wildman–Crippen MR) is 93.1 cm³/mol. The predicted octanol–water partition coefficient (Wildman–Crippen LogP) is 3.28. The molecule has 142 valence electrons. The first-order valence-corrected chi connectivity index (χ1v) is 10.1. The highest BCUT2D eigenvalue weighted by Crippen LogP contribution is 2.45. The van der Waals surface area contributed by atoms with Gasteiger partial charge in [-0.2, -0.15) is 24.9 Å². The maximum atomic E-state index is 13.5. The summed E-state index contributed by atoms with van der Waals surface area (Å²) in [4.78, 5) is 21.7. The topological polar surface area (TPSA) is 58.1 Å². The largest absolute Gasteiger partial charge is 0.434 e. The fourth-order valence-electron chi connectivity index (χ4n) is 4.35. The number of halogens is 3. The average molecular weight is 386 g/mol. The van der Waals surface area contributed by atoms with Crippen molar-refractivity contribution in [3.05, 3.63) is 17.5 Å². The molecule has 1 N–H and O–H groups in total. The van der Waals surface area contributed by atoms with Crippen molar-refractivity contribution in [3.8, 4) is 0 Å². The van der Waals surface area contributed by atoms with Gasteiger partial charge in [0.25, 0.3) is 5.91 Å². The number of carbonyl (C=O) groups excluding carboxylic acids is 1. The van der Waals surface area contributed by atoms with Crippen LogP contribution in [0, 0.1) is 11.8 Å². The van der Waals surface area contributed by atoms with Crippen molar-refractivity contribution in [1.29, 1.82) is 0 Å². The number of alkyl halides is 3. The summed E-state index contributed by atoms with van der Waals surface area (Å²) in [5, 5.41) is 3.08. The van der Waals surface area contributed by atoms with E-state index < -0.39 is 23.3 Å². The summed E-state index contributed by atoms with van der Waals surface area (Å²) < 4.78 is 40.6. The Kier molecular flexibility index (Phi) is 4.75. The van der Waals surface area contributed by atoms with Crippen LogP contribution in [0.4, 0.5) is 19.1 Å². The maximum Gasteiger partial charge on any atom is 0.434 e. The lowest BCUT2D eigenvalue weighted by molar-refractivity contribution is -0.141. The van der Waals surface area contributed by atoms with Gasteiger partial charge < -0.3 is 10.2 Å². The molecular weight excluding hydrogens is 365 g/mol. The molecule has 3 atom stereocenters. The van der Waals surface area contributed by atoms with Gasteiger partial charge in [-0.05, 0) is 31.1 Å². The van der Waals surface area contributed by atoms with E-state index in [0.29, 0.717) is 24.9 Å². The molecule has 0 radical (unpaired) electrons. The highest BCUT2D eigenvalue weighted by atomic mass is 32.2. The van der Waals surface area contributed by atoms with Crippen molar-refractivity contribution < 1.29 is 18.0 Å². The molecule has 5 nitrogen and oxygen atoms in total. The zero-order valence-corrected chi connectivity index (χ0v) is 15.1. The van der Waals surface area contributed by atoms with Gasteiger partial charge in [-0.1, -0.05) is 6.42 Å². The Morgan fingerprint density at radius 2 is 2.00 bits per heavy atom. The zero-order chi connectivity index (χ0) is 18.3. The second-order valence-corrected chi connectivity index (χ2v) is 8.51. The number of hydrogen-bond acceptors (Lipinski definition) is 5. The Bertz CT molecular complexity index is 693. The molecular formula is C17H21F3N4OS. The quantitative estimate of drug-likeness (QED) is 0.864. The standard InChI is InChI=1S/C17H21F3N4OS/c18-17(19,20)14-12(15(25)24-3-5-26-6-4-24)9-21-16(23-14)22-13-8-10-1-2-11(13)7-10/h9-11,13H,1-8H2,(H,21,22,23). The third-order valence-corrected chi connectivity index (χ3v) is 6.58. The van der Waals surface area contributed by atoms with E-state index in [1.807, 2.05) is 0 Å². The van der Waals surface area contributed by atoms with Gasteiger partial charge in [-0.25, -0.2) is 9.97 Å². The zero-order valence-electron chi connectivity index (χ0n) is 14.3. The molecule has 3 fully saturated rings. The fourth-order valence-corrected chi connectivity index (χ4v) is 5.25. The van der Waals surface area contributed by atoms with Crippen LogP contribution in [0.25, 0.3) is 0 Å². The third kappa shape index (κ3) is 3.50. The first-order chi connectivity index (χ1) is 12.4. The van der Waals surface area contributed by atoms with Crippen LogP contribution in [-0.4, -0.2) is 51.4 Å². The van der Waals surface area contributed by atoms with Crippen LogP contribution in [0.1, 0.15) is 41.7 Å². The van der Waals surface area contributed by atoms with Crippen molar-refractivity contribution >= 4 is 23.6 Å². The van der Waals surface area contributed by atoms with E-state index in [-0.39, 0.29) is 12.0 Å². The molecule has 1 aromatic rings. The Morgan fingerprint density at radius 1 is 1.23 bits per heavy atom. The number of aromatic nitrogens is 2. The molecule has 1 amide bonds. The average Bonchev–Trinajstić information content (AvgIpc) is 3.24. The summed E-state index contributed by atoms with van der Waals surface area (Å²) in [6, 6.07) is 0.135. The van der Waals surface area contributed by atoms with E-state index in [0.717, 1.165) is 37.0 Å². The molecule has 2 aliphatic carbocycles. The summed E-state index contributed by atoms with van der Waals surface area (Å²) in [6.07, 6.45) is 0.755. The summed E-state index contributed by atoms with van der Waals surface area (Å²) in [7, 11) is 0. The number of anilines is 1. The summed E-state index contributed by atoms with van der Waals surface area (Å²) in [6.45, 7) is 0.901. The number of nitrogens with zero attached hydrogens (tertiary/aromatic N) is 3. The molecule has 26 heavy (non-hydrogen) atoms. The van der Waals surface area contributed by atoms with Crippen molar-refractivity contribution in [3.63, 3.8) is 0 Å².